The minimum absolute atomic E-state index is 0.507. The number of rotatable bonds is 6. The van der Waals surface area contributed by atoms with Gasteiger partial charge in [0.05, 0.1) is 0 Å². The van der Waals surface area contributed by atoms with Gasteiger partial charge in [-0.3, -0.25) is 0 Å². The number of hydrogen-bond acceptors (Lipinski definition) is 4. The molecule has 1 N–H and O–H groups in total. The van der Waals surface area contributed by atoms with Gasteiger partial charge in [0.2, 0.25) is 5.88 Å². The number of aryl methyl sites for hydroxylation is 1. The van der Waals surface area contributed by atoms with Crippen molar-refractivity contribution in [2.45, 2.75) is 38.5 Å². The van der Waals surface area contributed by atoms with Gasteiger partial charge in [0.15, 0.2) is 0 Å². The summed E-state index contributed by atoms with van der Waals surface area (Å²) in [4.78, 5) is 9.02. The molecule has 3 rings (SSSR count). The van der Waals surface area contributed by atoms with Crippen LogP contribution in [0, 0.1) is 0 Å². The molecule has 2 aromatic rings. The fraction of sp³-hybridized carbons (Fsp3) is 0.412. The van der Waals surface area contributed by atoms with E-state index in [0.29, 0.717) is 11.8 Å². The van der Waals surface area contributed by atoms with E-state index >= 15 is 0 Å². The molecule has 1 aliphatic carbocycles. The molecule has 1 aromatic carbocycles. The molecule has 1 heterocycles. The fourth-order valence-corrected chi connectivity index (χ4v) is 2.28. The molecule has 21 heavy (non-hydrogen) atoms. The second-order valence-electron chi connectivity index (χ2n) is 5.47. The Balaban J connectivity index is 1.78. The van der Waals surface area contributed by atoms with E-state index in [1.807, 2.05) is 25.2 Å². The summed E-state index contributed by atoms with van der Waals surface area (Å²) in [7, 11) is 1.86. The lowest BCUT2D eigenvalue weighted by atomic mass is 10.1. The highest BCUT2D eigenvalue weighted by atomic mass is 16.5. The van der Waals surface area contributed by atoms with E-state index in [2.05, 4.69) is 34.3 Å². The molecule has 0 bridgehead atoms. The van der Waals surface area contributed by atoms with Gasteiger partial charge in [-0.2, -0.15) is 4.98 Å². The zero-order valence-corrected chi connectivity index (χ0v) is 12.6. The maximum Gasteiger partial charge on any atom is 0.224 e. The van der Waals surface area contributed by atoms with Gasteiger partial charge in [-0.15, -0.1) is 0 Å². The smallest absolute Gasteiger partial charge is 0.224 e. The van der Waals surface area contributed by atoms with Gasteiger partial charge in [0.25, 0.3) is 0 Å². The van der Waals surface area contributed by atoms with Gasteiger partial charge >= 0.3 is 0 Å². The predicted octanol–water partition coefficient (Wildman–Crippen LogP) is 4.14. The molecule has 0 unspecified atom stereocenters. The average Bonchev–Trinajstić information content (AvgIpc) is 3.34. The van der Waals surface area contributed by atoms with Crippen LogP contribution in [0.15, 0.2) is 30.3 Å². The second-order valence-corrected chi connectivity index (χ2v) is 5.47. The fourth-order valence-electron chi connectivity index (χ4n) is 2.28. The number of hydrogen-bond donors (Lipinski definition) is 1. The molecule has 1 aromatic heterocycles. The molecule has 4 heteroatoms. The van der Waals surface area contributed by atoms with E-state index in [0.717, 1.165) is 30.2 Å². The van der Waals surface area contributed by atoms with Crippen molar-refractivity contribution in [2.24, 2.45) is 0 Å². The molecule has 0 amide bonds. The van der Waals surface area contributed by atoms with Crippen molar-refractivity contribution in [3.8, 4) is 11.6 Å². The standard InChI is InChI=1S/C17H21N3O/c1-3-4-12-5-9-14(10-6-12)21-16-11-15(18-2)19-17(20-16)13-7-8-13/h5-6,9-11,13H,3-4,7-8H2,1-2H3,(H,18,19,20). The van der Waals surface area contributed by atoms with Crippen molar-refractivity contribution >= 4 is 5.82 Å². The summed E-state index contributed by atoms with van der Waals surface area (Å²) in [5.74, 6) is 3.63. The van der Waals surface area contributed by atoms with E-state index in [1.54, 1.807) is 0 Å². The second kappa shape index (κ2) is 6.12. The predicted molar refractivity (Wildman–Crippen MR) is 84.1 cm³/mol. The van der Waals surface area contributed by atoms with Gasteiger partial charge in [-0.05, 0) is 37.0 Å². The molecular weight excluding hydrogens is 262 g/mol. The third-order valence-electron chi connectivity index (χ3n) is 3.60. The molecular formula is C17H21N3O. The first-order valence-electron chi connectivity index (χ1n) is 7.62. The van der Waals surface area contributed by atoms with Crippen molar-refractivity contribution in [1.29, 1.82) is 0 Å². The Labute approximate surface area is 125 Å². The highest BCUT2D eigenvalue weighted by molar-refractivity contribution is 5.40. The zero-order chi connectivity index (χ0) is 14.7. The summed E-state index contributed by atoms with van der Waals surface area (Å²) in [6, 6.07) is 10.1. The van der Waals surface area contributed by atoms with Crippen molar-refractivity contribution in [2.75, 3.05) is 12.4 Å². The maximum atomic E-state index is 5.88. The third kappa shape index (κ3) is 3.51. The van der Waals surface area contributed by atoms with E-state index < -0.39 is 0 Å². The summed E-state index contributed by atoms with van der Waals surface area (Å²) >= 11 is 0. The van der Waals surface area contributed by atoms with Gasteiger partial charge in [-0.1, -0.05) is 25.5 Å². The Bertz CT molecular complexity index is 606. The molecule has 1 saturated carbocycles. The van der Waals surface area contributed by atoms with Crippen molar-refractivity contribution in [3.05, 3.63) is 41.7 Å². The highest BCUT2D eigenvalue weighted by Gasteiger charge is 2.27. The number of aromatic nitrogens is 2. The number of benzene rings is 1. The normalized spacial score (nSPS) is 14.0. The molecule has 0 atom stereocenters. The first kappa shape index (κ1) is 13.9. The van der Waals surface area contributed by atoms with Gasteiger partial charge in [0, 0.05) is 19.0 Å². The van der Waals surface area contributed by atoms with E-state index in [-0.39, 0.29) is 0 Å². The van der Waals surface area contributed by atoms with Crippen molar-refractivity contribution in [3.63, 3.8) is 0 Å². The summed E-state index contributed by atoms with van der Waals surface area (Å²) in [6.45, 7) is 2.18. The minimum atomic E-state index is 0.507. The molecule has 0 radical (unpaired) electrons. The van der Waals surface area contributed by atoms with Crippen molar-refractivity contribution in [1.82, 2.24) is 9.97 Å². The molecule has 1 aliphatic rings. The Kier molecular flexibility index (Phi) is 4.04. The van der Waals surface area contributed by atoms with E-state index in [4.69, 9.17) is 4.74 Å². The van der Waals surface area contributed by atoms with E-state index in [9.17, 15) is 0 Å². The molecule has 0 spiro atoms. The van der Waals surface area contributed by atoms with Gasteiger partial charge < -0.3 is 10.1 Å². The summed E-state index contributed by atoms with van der Waals surface area (Å²) < 4.78 is 5.88. The van der Waals surface area contributed by atoms with E-state index in [1.165, 1.54) is 18.4 Å². The van der Waals surface area contributed by atoms with Crippen LogP contribution in [0.25, 0.3) is 0 Å². The minimum Gasteiger partial charge on any atom is -0.439 e. The molecule has 1 fully saturated rings. The third-order valence-corrected chi connectivity index (χ3v) is 3.60. The van der Waals surface area contributed by atoms with Gasteiger partial charge in [-0.25, -0.2) is 4.98 Å². The Morgan fingerprint density at radius 3 is 2.57 bits per heavy atom. The van der Waals surface area contributed by atoms with Crippen LogP contribution in [0.5, 0.6) is 11.6 Å². The Morgan fingerprint density at radius 1 is 1.19 bits per heavy atom. The lowest BCUT2D eigenvalue weighted by molar-refractivity contribution is 0.459. The average molecular weight is 283 g/mol. The molecule has 0 aliphatic heterocycles. The van der Waals surface area contributed by atoms with Crippen LogP contribution < -0.4 is 10.1 Å². The maximum absolute atomic E-state index is 5.88. The Morgan fingerprint density at radius 2 is 1.95 bits per heavy atom. The molecule has 4 nitrogen and oxygen atoms in total. The van der Waals surface area contributed by atoms with Crippen molar-refractivity contribution < 1.29 is 4.74 Å². The van der Waals surface area contributed by atoms with Crippen LogP contribution in [-0.2, 0) is 6.42 Å². The topological polar surface area (TPSA) is 47.0 Å². The number of anilines is 1. The monoisotopic (exact) mass is 283 g/mol. The summed E-state index contributed by atoms with van der Waals surface area (Å²) in [5.41, 5.74) is 1.34. The van der Waals surface area contributed by atoms with Crippen LogP contribution in [0.1, 0.15) is 43.5 Å². The first-order chi connectivity index (χ1) is 10.3. The van der Waals surface area contributed by atoms with Crippen LogP contribution in [-0.4, -0.2) is 17.0 Å². The summed E-state index contributed by atoms with van der Waals surface area (Å²) in [6.07, 6.45) is 4.61. The molecule has 110 valence electrons. The highest BCUT2D eigenvalue weighted by Crippen LogP contribution is 2.39. The largest absolute Gasteiger partial charge is 0.439 e. The number of nitrogens with one attached hydrogen (secondary N) is 1. The van der Waals surface area contributed by atoms with Crippen LogP contribution in [0.2, 0.25) is 0 Å². The SMILES string of the molecule is CCCc1ccc(Oc2cc(NC)nc(C3CC3)n2)cc1. The Hall–Kier alpha value is -2.10. The summed E-state index contributed by atoms with van der Waals surface area (Å²) in [5, 5.41) is 3.07. The molecule has 0 saturated heterocycles. The number of nitrogens with zero attached hydrogens (tertiary/aromatic N) is 2. The lowest BCUT2D eigenvalue weighted by Gasteiger charge is -2.09. The lowest BCUT2D eigenvalue weighted by Crippen LogP contribution is -2.01. The van der Waals surface area contributed by atoms with Crippen LogP contribution in [0.4, 0.5) is 5.82 Å². The first-order valence-corrected chi connectivity index (χ1v) is 7.62. The van der Waals surface area contributed by atoms with Crippen LogP contribution in [0.3, 0.4) is 0 Å². The van der Waals surface area contributed by atoms with Gasteiger partial charge in [0.1, 0.15) is 17.4 Å². The quantitative estimate of drug-likeness (QED) is 0.865. The number of ether oxygens (including phenoxy) is 1. The zero-order valence-electron chi connectivity index (χ0n) is 12.6. The van der Waals surface area contributed by atoms with Crippen LogP contribution >= 0.6 is 0 Å².